The summed E-state index contributed by atoms with van der Waals surface area (Å²) >= 11 is 1.43. The summed E-state index contributed by atoms with van der Waals surface area (Å²) in [6, 6.07) is 15.9. The van der Waals surface area contributed by atoms with Gasteiger partial charge in [-0.05, 0) is 56.0 Å². The molecular weight excluding hydrogens is 462 g/mol. The quantitative estimate of drug-likeness (QED) is 0.386. The molecule has 0 radical (unpaired) electrons. The number of carbonyl (C=O) groups is 1. The number of para-hydroxylation sites is 1. The van der Waals surface area contributed by atoms with Gasteiger partial charge in [0.1, 0.15) is 0 Å². The molecule has 1 fully saturated rings. The van der Waals surface area contributed by atoms with E-state index in [4.69, 9.17) is 9.47 Å². The number of ether oxygens (including phenoxy) is 2. The van der Waals surface area contributed by atoms with Crippen LogP contribution in [0.5, 0.6) is 11.5 Å². The van der Waals surface area contributed by atoms with E-state index in [0.29, 0.717) is 24.6 Å². The number of carbonyl (C=O) groups excluding carboxylic acids is 1. The predicted molar refractivity (Wildman–Crippen MR) is 139 cm³/mol. The first-order valence-corrected chi connectivity index (χ1v) is 13.0. The molecule has 2 heterocycles. The van der Waals surface area contributed by atoms with Crippen LogP contribution in [0.1, 0.15) is 31.7 Å². The van der Waals surface area contributed by atoms with Crippen molar-refractivity contribution in [2.24, 2.45) is 0 Å². The smallest absolute Gasteiger partial charge is 0.233 e. The van der Waals surface area contributed by atoms with Crippen molar-refractivity contribution in [2.75, 3.05) is 44.5 Å². The third kappa shape index (κ3) is 5.90. The lowest BCUT2D eigenvalue weighted by Gasteiger charge is -2.27. The van der Waals surface area contributed by atoms with Crippen molar-refractivity contribution in [3.8, 4) is 17.2 Å². The number of nitrogens with zero attached hydrogens (tertiary/aromatic N) is 5. The molecule has 186 valence electrons. The van der Waals surface area contributed by atoms with E-state index in [9.17, 15) is 4.79 Å². The summed E-state index contributed by atoms with van der Waals surface area (Å²) in [5.74, 6) is 2.51. The van der Waals surface area contributed by atoms with E-state index < -0.39 is 0 Å². The maximum Gasteiger partial charge on any atom is 0.233 e. The maximum absolute atomic E-state index is 13.2. The monoisotopic (exact) mass is 495 g/mol. The minimum atomic E-state index is 0.0504. The standard InChI is InChI=1S/C26H33N5O3S/c1-4-29(18-20-13-14-22(33-2)23(17-20)34-3)24(32)19-35-26-28-27-25(30-15-9-6-10-16-30)31(26)21-11-7-5-8-12-21/h5,7-8,11-14,17H,4,6,9-10,15-16,18-19H2,1-3H3. The minimum Gasteiger partial charge on any atom is -0.493 e. The first-order chi connectivity index (χ1) is 17.1. The first kappa shape index (κ1) is 24.9. The van der Waals surface area contributed by atoms with E-state index in [2.05, 4.69) is 31.8 Å². The number of piperidine rings is 1. The van der Waals surface area contributed by atoms with Gasteiger partial charge in [-0.25, -0.2) is 0 Å². The molecule has 0 unspecified atom stereocenters. The number of benzene rings is 2. The summed E-state index contributed by atoms with van der Waals surface area (Å²) in [5, 5.41) is 9.74. The van der Waals surface area contributed by atoms with Crippen molar-refractivity contribution in [3.63, 3.8) is 0 Å². The molecule has 0 spiro atoms. The highest BCUT2D eigenvalue weighted by Gasteiger charge is 2.23. The molecule has 2 aromatic carbocycles. The lowest BCUT2D eigenvalue weighted by molar-refractivity contribution is -0.128. The Morgan fingerprint density at radius 2 is 1.74 bits per heavy atom. The van der Waals surface area contributed by atoms with E-state index in [1.54, 1.807) is 14.2 Å². The third-order valence-corrected chi connectivity index (χ3v) is 7.06. The Labute approximate surface area is 211 Å². The fourth-order valence-corrected chi connectivity index (χ4v) is 5.10. The number of rotatable bonds is 10. The summed E-state index contributed by atoms with van der Waals surface area (Å²) in [4.78, 5) is 17.3. The summed E-state index contributed by atoms with van der Waals surface area (Å²) in [7, 11) is 3.23. The Morgan fingerprint density at radius 3 is 2.43 bits per heavy atom. The van der Waals surface area contributed by atoms with Crippen LogP contribution in [0.3, 0.4) is 0 Å². The van der Waals surface area contributed by atoms with E-state index in [1.165, 1.54) is 18.2 Å². The fraction of sp³-hybridized carbons (Fsp3) is 0.423. The predicted octanol–water partition coefficient (Wildman–Crippen LogP) is 4.42. The van der Waals surface area contributed by atoms with Crippen LogP contribution in [0.4, 0.5) is 5.95 Å². The highest BCUT2D eigenvalue weighted by molar-refractivity contribution is 7.99. The van der Waals surface area contributed by atoms with Crippen molar-refractivity contribution >= 4 is 23.6 Å². The first-order valence-electron chi connectivity index (χ1n) is 12.0. The van der Waals surface area contributed by atoms with Crippen LogP contribution in [-0.4, -0.2) is 65.2 Å². The van der Waals surface area contributed by atoms with Crippen LogP contribution in [-0.2, 0) is 11.3 Å². The number of aromatic nitrogens is 3. The van der Waals surface area contributed by atoms with E-state index in [0.717, 1.165) is 48.3 Å². The van der Waals surface area contributed by atoms with Gasteiger partial charge < -0.3 is 19.3 Å². The molecule has 9 heteroatoms. The molecule has 0 bridgehead atoms. The second-order valence-electron chi connectivity index (χ2n) is 8.39. The Balaban J connectivity index is 1.49. The van der Waals surface area contributed by atoms with Crippen LogP contribution in [0, 0.1) is 0 Å². The minimum absolute atomic E-state index is 0.0504. The third-order valence-electron chi connectivity index (χ3n) is 6.15. The largest absolute Gasteiger partial charge is 0.493 e. The van der Waals surface area contributed by atoms with Crippen molar-refractivity contribution in [3.05, 3.63) is 54.1 Å². The van der Waals surface area contributed by atoms with Gasteiger partial charge in [-0.3, -0.25) is 9.36 Å². The molecule has 4 rings (SSSR count). The Hall–Kier alpha value is -3.20. The Kier molecular flexibility index (Phi) is 8.52. The number of hydrogen-bond acceptors (Lipinski definition) is 7. The molecule has 0 N–H and O–H groups in total. The van der Waals surface area contributed by atoms with E-state index in [1.807, 2.05) is 48.2 Å². The van der Waals surface area contributed by atoms with Crippen LogP contribution in [0.25, 0.3) is 5.69 Å². The van der Waals surface area contributed by atoms with Gasteiger partial charge in [0, 0.05) is 26.2 Å². The van der Waals surface area contributed by atoms with Crippen LogP contribution < -0.4 is 14.4 Å². The summed E-state index contributed by atoms with van der Waals surface area (Å²) in [6.45, 7) is 5.05. The second-order valence-corrected chi connectivity index (χ2v) is 9.33. The van der Waals surface area contributed by atoms with Gasteiger partial charge in [0.25, 0.3) is 0 Å². The molecule has 8 nitrogen and oxygen atoms in total. The molecule has 35 heavy (non-hydrogen) atoms. The number of hydrogen-bond donors (Lipinski definition) is 0. The zero-order chi connectivity index (χ0) is 24.6. The summed E-state index contributed by atoms with van der Waals surface area (Å²) in [6.07, 6.45) is 3.56. The van der Waals surface area contributed by atoms with Crippen molar-refractivity contribution < 1.29 is 14.3 Å². The molecule has 0 saturated carbocycles. The highest BCUT2D eigenvalue weighted by Crippen LogP contribution is 2.30. The molecule has 1 aromatic heterocycles. The van der Waals surface area contributed by atoms with Crippen molar-refractivity contribution in [1.29, 1.82) is 0 Å². The summed E-state index contributed by atoms with van der Waals surface area (Å²) < 4.78 is 12.8. The zero-order valence-electron chi connectivity index (χ0n) is 20.6. The number of anilines is 1. The lowest BCUT2D eigenvalue weighted by Crippen LogP contribution is -2.32. The molecule has 3 aromatic rings. The maximum atomic E-state index is 13.2. The van der Waals surface area contributed by atoms with Gasteiger partial charge in [0.15, 0.2) is 16.7 Å². The molecule has 1 aliphatic heterocycles. The molecule has 0 atom stereocenters. The van der Waals surface area contributed by atoms with Gasteiger partial charge in [-0.15, -0.1) is 10.2 Å². The van der Waals surface area contributed by atoms with Gasteiger partial charge in [0.05, 0.1) is 25.7 Å². The van der Waals surface area contributed by atoms with Crippen LogP contribution in [0.2, 0.25) is 0 Å². The van der Waals surface area contributed by atoms with Crippen LogP contribution >= 0.6 is 11.8 Å². The second kappa shape index (κ2) is 12.0. The zero-order valence-corrected chi connectivity index (χ0v) is 21.5. The van der Waals surface area contributed by atoms with Crippen molar-refractivity contribution in [1.82, 2.24) is 19.7 Å². The van der Waals surface area contributed by atoms with Gasteiger partial charge in [-0.1, -0.05) is 36.0 Å². The van der Waals surface area contributed by atoms with Crippen molar-refractivity contribution in [2.45, 2.75) is 37.9 Å². The van der Waals surface area contributed by atoms with E-state index in [-0.39, 0.29) is 11.7 Å². The average Bonchev–Trinajstić information content (AvgIpc) is 3.35. The number of amides is 1. The number of thioether (sulfide) groups is 1. The Morgan fingerprint density at radius 1 is 1.00 bits per heavy atom. The van der Waals surface area contributed by atoms with Crippen LogP contribution in [0.15, 0.2) is 53.7 Å². The lowest BCUT2D eigenvalue weighted by atomic mass is 10.1. The molecule has 1 amide bonds. The van der Waals surface area contributed by atoms with Gasteiger partial charge in [0.2, 0.25) is 11.9 Å². The molecule has 1 saturated heterocycles. The fourth-order valence-electron chi connectivity index (χ4n) is 4.25. The SMILES string of the molecule is CCN(Cc1ccc(OC)c(OC)c1)C(=O)CSc1nnc(N2CCCCC2)n1-c1ccccc1. The van der Waals surface area contributed by atoms with Gasteiger partial charge in [-0.2, -0.15) is 0 Å². The molecule has 0 aliphatic carbocycles. The van der Waals surface area contributed by atoms with Gasteiger partial charge >= 0.3 is 0 Å². The number of methoxy groups -OCH3 is 2. The Bertz CT molecular complexity index is 1120. The van der Waals surface area contributed by atoms with E-state index >= 15 is 0 Å². The normalized spacial score (nSPS) is 13.5. The summed E-state index contributed by atoms with van der Waals surface area (Å²) in [5.41, 5.74) is 1.99. The highest BCUT2D eigenvalue weighted by atomic mass is 32.2. The average molecular weight is 496 g/mol. The topological polar surface area (TPSA) is 72.7 Å². The molecular formula is C26H33N5O3S. The molecule has 1 aliphatic rings.